The molecule has 0 radical (unpaired) electrons. The second-order valence-corrected chi connectivity index (χ2v) is 7.34. The van der Waals surface area contributed by atoms with Crippen molar-refractivity contribution >= 4 is 25.3 Å². The van der Waals surface area contributed by atoms with Gasteiger partial charge in [0.1, 0.15) is 0 Å². The van der Waals surface area contributed by atoms with E-state index in [-0.39, 0.29) is 0 Å². The molecule has 0 spiro atoms. The summed E-state index contributed by atoms with van der Waals surface area (Å²) in [5, 5.41) is 0. The van der Waals surface area contributed by atoms with Crippen molar-refractivity contribution in [2.45, 2.75) is 77.0 Å². The van der Waals surface area contributed by atoms with Gasteiger partial charge in [0.15, 0.2) is 0 Å². The first-order valence-corrected chi connectivity index (χ1v) is 9.27. The van der Waals surface area contributed by atoms with Crippen LogP contribution in [0.4, 0.5) is 0 Å². The highest BCUT2D eigenvalue weighted by Crippen LogP contribution is 2.56. The Morgan fingerprint density at radius 3 is 1.00 bits per heavy atom. The molecule has 0 atom stereocenters. The summed E-state index contributed by atoms with van der Waals surface area (Å²) >= 11 is 9.63. The van der Waals surface area contributed by atoms with Gasteiger partial charge in [-0.05, 0) is 48.0 Å². The van der Waals surface area contributed by atoms with Crippen LogP contribution in [0.25, 0.3) is 0 Å². The van der Waals surface area contributed by atoms with E-state index in [4.69, 9.17) is 25.3 Å². The van der Waals surface area contributed by atoms with Crippen molar-refractivity contribution in [2.75, 3.05) is 11.5 Å². The maximum Gasteiger partial charge on any atom is -0.00355 e. The van der Waals surface area contributed by atoms with E-state index < -0.39 is 0 Å². The molecule has 106 valence electrons. The van der Waals surface area contributed by atoms with Gasteiger partial charge in [0, 0.05) is 0 Å². The molecule has 0 aromatic carbocycles. The molecule has 2 saturated carbocycles. The van der Waals surface area contributed by atoms with Crippen molar-refractivity contribution in [1.29, 1.82) is 0 Å². The second-order valence-electron chi connectivity index (χ2n) is 6.71. The summed E-state index contributed by atoms with van der Waals surface area (Å²) in [5.41, 5.74) is 0.997. The van der Waals surface area contributed by atoms with Gasteiger partial charge in [-0.3, -0.25) is 0 Å². The first kappa shape index (κ1) is 15.1. The van der Waals surface area contributed by atoms with Crippen LogP contribution in [0.15, 0.2) is 0 Å². The predicted molar refractivity (Wildman–Crippen MR) is 88.0 cm³/mol. The summed E-state index contributed by atoms with van der Waals surface area (Å²) in [6, 6.07) is 0. The van der Waals surface area contributed by atoms with E-state index in [1.54, 1.807) is 0 Å². The van der Waals surface area contributed by atoms with Crippen LogP contribution in [0, 0.1) is 10.8 Å². The van der Waals surface area contributed by atoms with E-state index in [1.165, 1.54) is 77.0 Å². The molecule has 0 saturated heterocycles. The zero-order chi connectivity index (χ0) is 12.9. The molecule has 0 nitrogen and oxygen atoms in total. The van der Waals surface area contributed by atoms with Crippen molar-refractivity contribution < 1.29 is 0 Å². The van der Waals surface area contributed by atoms with Crippen LogP contribution in [0.2, 0.25) is 0 Å². The van der Waals surface area contributed by atoms with Crippen LogP contribution >= 0.6 is 25.3 Å². The Kier molecular flexibility index (Phi) is 5.81. The Labute approximate surface area is 125 Å². The highest BCUT2D eigenvalue weighted by atomic mass is 32.1. The zero-order valence-electron chi connectivity index (χ0n) is 11.8. The fourth-order valence-electron chi connectivity index (χ4n) is 4.52. The Morgan fingerprint density at radius 1 is 0.500 bits per heavy atom. The quantitative estimate of drug-likeness (QED) is 0.495. The fraction of sp³-hybridized carbons (Fsp3) is 1.00. The van der Waals surface area contributed by atoms with Crippen molar-refractivity contribution in [2.24, 2.45) is 10.8 Å². The third kappa shape index (κ3) is 2.90. The topological polar surface area (TPSA) is 0 Å². The Balaban J connectivity index is 2.24. The summed E-state index contributed by atoms with van der Waals surface area (Å²) in [7, 11) is 0. The van der Waals surface area contributed by atoms with Gasteiger partial charge in [-0.25, -0.2) is 0 Å². The summed E-state index contributed by atoms with van der Waals surface area (Å²) < 4.78 is 0. The van der Waals surface area contributed by atoms with Crippen molar-refractivity contribution in [3.63, 3.8) is 0 Å². The predicted octanol–water partition coefficient (Wildman–Crippen LogP) is 5.53. The lowest BCUT2D eigenvalue weighted by atomic mass is 9.58. The summed E-state index contributed by atoms with van der Waals surface area (Å²) in [4.78, 5) is 0. The van der Waals surface area contributed by atoms with Gasteiger partial charge in [-0.1, -0.05) is 51.4 Å². The minimum atomic E-state index is 0.499. The molecule has 0 heterocycles. The monoisotopic (exact) mass is 286 g/mol. The lowest BCUT2D eigenvalue weighted by molar-refractivity contribution is 0.0454. The van der Waals surface area contributed by atoms with Crippen LogP contribution in [0.1, 0.15) is 77.0 Å². The van der Waals surface area contributed by atoms with Crippen molar-refractivity contribution in [3.05, 3.63) is 0 Å². The maximum atomic E-state index is 4.82. The Bertz CT molecular complexity index is 207. The van der Waals surface area contributed by atoms with Crippen LogP contribution in [-0.2, 0) is 0 Å². The molecule has 2 rings (SSSR count). The van der Waals surface area contributed by atoms with E-state index in [9.17, 15) is 0 Å². The maximum absolute atomic E-state index is 4.82. The summed E-state index contributed by atoms with van der Waals surface area (Å²) in [6.07, 6.45) is 17.1. The van der Waals surface area contributed by atoms with Crippen LogP contribution < -0.4 is 0 Å². The average molecular weight is 287 g/mol. The first-order valence-electron chi connectivity index (χ1n) is 8.00. The molecule has 2 aliphatic carbocycles. The minimum Gasteiger partial charge on any atom is -0.179 e. The third-order valence-corrected chi connectivity index (χ3v) is 7.06. The second kappa shape index (κ2) is 6.92. The van der Waals surface area contributed by atoms with Crippen molar-refractivity contribution in [1.82, 2.24) is 0 Å². The molecule has 0 aliphatic heterocycles. The van der Waals surface area contributed by atoms with Gasteiger partial charge in [0.05, 0.1) is 0 Å². The molecule has 2 fully saturated rings. The van der Waals surface area contributed by atoms with Gasteiger partial charge in [-0.2, -0.15) is 25.3 Å². The third-order valence-electron chi connectivity index (χ3n) is 5.85. The molecule has 0 amide bonds. The Hall–Kier alpha value is 0.700. The van der Waals surface area contributed by atoms with Gasteiger partial charge in [0.2, 0.25) is 0 Å². The molecule has 0 N–H and O–H groups in total. The number of rotatable bonds is 3. The normalized spacial score (nSPS) is 28.3. The molecular formula is C16H30S2. The van der Waals surface area contributed by atoms with E-state index in [2.05, 4.69) is 0 Å². The average Bonchev–Trinajstić information content (AvgIpc) is 2.80. The molecule has 0 aromatic rings. The summed E-state index contributed by atoms with van der Waals surface area (Å²) in [6.45, 7) is 0. The molecule has 0 aromatic heterocycles. The largest absolute Gasteiger partial charge is 0.179 e. The highest BCUT2D eigenvalue weighted by molar-refractivity contribution is 7.80. The van der Waals surface area contributed by atoms with Crippen molar-refractivity contribution in [3.8, 4) is 0 Å². The lowest BCUT2D eigenvalue weighted by Gasteiger charge is -2.50. The molecule has 0 bridgehead atoms. The molecule has 2 aliphatic rings. The molecular weight excluding hydrogens is 256 g/mol. The van der Waals surface area contributed by atoms with Gasteiger partial charge >= 0.3 is 0 Å². The van der Waals surface area contributed by atoms with E-state index >= 15 is 0 Å². The van der Waals surface area contributed by atoms with E-state index in [0.717, 1.165) is 11.5 Å². The van der Waals surface area contributed by atoms with Gasteiger partial charge < -0.3 is 0 Å². The van der Waals surface area contributed by atoms with Gasteiger partial charge in [0.25, 0.3) is 0 Å². The SMILES string of the molecule is SCC1(C2(CS)CCCCCC2)CCCCCC1. The Morgan fingerprint density at radius 2 is 0.778 bits per heavy atom. The highest BCUT2D eigenvalue weighted by Gasteiger charge is 2.48. The standard InChI is InChI=1S/C16H30S2/c17-13-15(9-5-1-2-6-10-15)16(14-18)11-7-3-4-8-12-16/h17-18H,1-14H2. The van der Waals surface area contributed by atoms with Crippen LogP contribution in [0.3, 0.4) is 0 Å². The summed E-state index contributed by atoms with van der Waals surface area (Å²) in [5.74, 6) is 2.18. The number of hydrogen-bond donors (Lipinski definition) is 2. The molecule has 2 heteroatoms. The fourth-order valence-corrected chi connectivity index (χ4v) is 5.83. The molecule has 0 unspecified atom stereocenters. The molecule has 18 heavy (non-hydrogen) atoms. The number of thiol groups is 2. The van der Waals surface area contributed by atoms with Crippen LogP contribution in [0.5, 0.6) is 0 Å². The van der Waals surface area contributed by atoms with E-state index in [1.807, 2.05) is 0 Å². The van der Waals surface area contributed by atoms with E-state index in [0.29, 0.717) is 10.8 Å². The lowest BCUT2D eigenvalue weighted by Crippen LogP contribution is -2.45. The minimum absolute atomic E-state index is 0.499. The van der Waals surface area contributed by atoms with Crippen LogP contribution in [-0.4, -0.2) is 11.5 Å². The smallest absolute Gasteiger partial charge is 0.00355 e. The van der Waals surface area contributed by atoms with Gasteiger partial charge in [-0.15, -0.1) is 0 Å². The number of hydrogen-bond acceptors (Lipinski definition) is 2. The zero-order valence-corrected chi connectivity index (χ0v) is 13.6. The first-order chi connectivity index (χ1) is 8.79.